The Morgan fingerprint density at radius 1 is 0.278 bits per heavy atom. The first-order valence-corrected chi connectivity index (χ1v) is 29.1. The van der Waals surface area contributed by atoms with E-state index >= 15 is 0 Å². The third kappa shape index (κ3) is 5.65. The molecule has 0 aromatic heterocycles. The van der Waals surface area contributed by atoms with E-state index in [1.807, 2.05) is 141 Å². The molecule has 0 atom stereocenters. The van der Waals surface area contributed by atoms with Crippen molar-refractivity contribution in [2.45, 2.75) is 0 Å². The summed E-state index contributed by atoms with van der Waals surface area (Å²) in [6, 6.07) is 27.9. The Labute approximate surface area is 368 Å². The third-order valence-corrected chi connectivity index (χ3v) is 25.7. The maximum atomic E-state index is 2.40. The summed E-state index contributed by atoms with van der Waals surface area (Å²) in [5.41, 5.74) is 20.9. The van der Waals surface area contributed by atoms with E-state index in [4.69, 9.17) is 0 Å². The molecule has 4 aromatic carbocycles. The van der Waals surface area contributed by atoms with E-state index in [1.54, 1.807) is 0 Å². The first-order chi connectivity index (χ1) is 26.5. The SMILES string of the molecule is CSC1=C(SC)SC(=C2c3ccccc3-c3c2c2c(c4c3C(=C3SC(SC)=C(SC)S3)c3ccccc3-4)C(=C3SC(SC)=C(SC)S3)c3ccccc3-2)S1. The highest BCUT2D eigenvalue weighted by molar-refractivity contribution is 8.42. The molecule has 0 N–H and O–H groups in total. The largest absolute Gasteiger partial charge is 0.121 e. The van der Waals surface area contributed by atoms with Crippen molar-refractivity contribution < 1.29 is 0 Å². The van der Waals surface area contributed by atoms with Gasteiger partial charge >= 0.3 is 0 Å². The monoisotopic (exact) mass is 918 g/mol. The number of hydrogen-bond acceptors (Lipinski definition) is 12. The van der Waals surface area contributed by atoms with Crippen molar-refractivity contribution >= 4 is 158 Å². The molecule has 4 aromatic rings. The van der Waals surface area contributed by atoms with Gasteiger partial charge in [-0.1, -0.05) is 143 Å². The van der Waals surface area contributed by atoms with Crippen LogP contribution in [0.15, 0.2) is 111 Å². The predicted octanol–water partition coefficient (Wildman–Crippen LogP) is 16.8. The van der Waals surface area contributed by atoms with Gasteiger partial charge in [-0.05, 0) is 87.6 Å². The first-order valence-electron chi connectivity index (χ1n) is 16.9. The van der Waals surface area contributed by atoms with Gasteiger partial charge in [-0.15, -0.1) is 70.6 Å². The lowest BCUT2D eigenvalue weighted by Crippen LogP contribution is -1.98. The summed E-state index contributed by atoms with van der Waals surface area (Å²) in [6.45, 7) is 0. The zero-order valence-electron chi connectivity index (χ0n) is 29.8. The average molecular weight is 920 g/mol. The average Bonchev–Trinajstić information content (AvgIpc) is 4.06. The molecule has 0 fully saturated rings. The molecule has 3 heterocycles. The van der Waals surface area contributed by atoms with Gasteiger partial charge in [0.2, 0.25) is 0 Å². The van der Waals surface area contributed by atoms with Crippen molar-refractivity contribution in [3.05, 3.63) is 144 Å². The van der Waals surface area contributed by atoms with E-state index in [0.717, 1.165) is 0 Å². The minimum atomic E-state index is 1.36. The van der Waals surface area contributed by atoms with Crippen LogP contribution in [0.5, 0.6) is 0 Å². The van der Waals surface area contributed by atoms with Crippen LogP contribution in [0.25, 0.3) is 50.1 Å². The van der Waals surface area contributed by atoms with Gasteiger partial charge in [-0.2, -0.15) is 0 Å². The quantitative estimate of drug-likeness (QED) is 0.156. The highest BCUT2D eigenvalue weighted by Crippen LogP contribution is 2.71. The molecule has 12 heteroatoms. The number of fused-ring (bicyclic) bond motifs is 12. The summed E-state index contributed by atoms with van der Waals surface area (Å²) in [7, 11) is 0. The molecular formula is C42H30S12. The molecule has 3 aliphatic heterocycles. The summed E-state index contributed by atoms with van der Waals surface area (Å²) in [5, 5.41) is 0. The van der Waals surface area contributed by atoms with E-state index < -0.39 is 0 Å². The molecule has 0 radical (unpaired) electrons. The zero-order valence-corrected chi connectivity index (χ0v) is 39.6. The Hall–Kier alpha value is -0.480. The minimum absolute atomic E-state index is 1.36. The third-order valence-electron chi connectivity index (χ3n) is 9.98. The molecule has 54 heavy (non-hydrogen) atoms. The summed E-state index contributed by atoms with van der Waals surface area (Å²) in [4.78, 5) is 0. The molecule has 0 bridgehead atoms. The molecule has 0 spiro atoms. The van der Waals surface area contributed by atoms with Gasteiger partial charge in [0.1, 0.15) is 0 Å². The molecular weight excluding hydrogens is 889 g/mol. The van der Waals surface area contributed by atoms with Crippen LogP contribution in [0, 0.1) is 0 Å². The molecule has 0 nitrogen and oxygen atoms in total. The first kappa shape index (κ1) is 37.8. The van der Waals surface area contributed by atoms with Crippen LogP contribution < -0.4 is 0 Å². The van der Waals surface area contributed by atoms with Crippen LogP contribution in [0.4, 0.5) is 0 Å². The van der Waals surface area contributed by atoms with Crippen molar-refractivity contribution in [2.75, 3.05) is 37.5 Å². The summed E-state index contributed by atoms with van der Waals surface area (Å²) < 4.78 is 12.7. The second kappa shape index (κ2) is 15.3. The van der Waals surface area contributed by atoms with Gasteiger partial charge < -0.3 is 0 Å². The van der Waals surface area contributed by atoms with E-state index in [1.165, 1.54) is 122 Å². The van der Waals surface area contributed by atoms with Crippen LogP contribution in [0.3, 0.4) is 0 Å². The molecule has 3 aliphatic carbocycles. The van der Waals surface area contributed by atoms with Crippen molar-refractivity contribution in [2.24, 2.45) is 0 Å². The van der Waals surface area contributed by atoms with Crippen molar-refractivity contribution in [3.63, 3.8) is 0 Å². The number of rotatable bonds is 6. The lowest BCUT2D eigenvalue weighted by molar-refractivity contribution is 1.58. The molecule has 0 unspecified atom stereocenters. The van der Waals surface area contributed by atoms with Crippen molar-refractivity contribution in [1.29, 1.82) is 0 Å². The maximum absolute atomic E-state index is 2.40. The molecule has 270 valence electrons. The highest BCUT2D eigenvalue weighted by Gasteiger charge is 2.46. The Morgan fingerprint density at radius 3 is 0.685 bits per heavy atom. The molecule has 0 saturated carbocycles. The van der Waals surface area contributed by atoms with Crippen LogP contribution in [-0.4, -0.2) is 37.5 Å². The lowest BCUT2D eigenvalue weighted by atomic mass is 9.84. The molecule has 10 rings (SSSR count). The van der Waals surface area contributed by atoms with Crippen LogP contribution in [0.1, 0.15) is 33.4 Å². The normalized spacial score (nSPS) is 18.1. The van der Waals surface area contributed by atoms with Crippen LogP contribution >= 0.6 is 141 Å². The van der Waals surface area contributed by atoms with E-state index in [-0.39, 0.29) is 0 Å². The van der Waals surface area contributed by atoms with Gasteiger partial charge in [-0.25, -0.2) is 0 Å². The van der Waals surface area contributed by atoms with E-state index in [2.05, 4.69) is 110 Å². The molecule has 0 amide bonds. The Morgan fingerprint density at radius 2 is 0.481 bits per heavy atom. The van der Waals surface area contributed by atoms with Gasteiger partial charge in [0.25, 0.3) is 0 Å². The number of thioether (sulfide) groups is 12. The van der Waals surface area contributed by atoms with Crippen LogP contribution in [0.2, 0.25) is 0 Å². The number of benzene rings is 4. The topological polar surface area (TPSA) is 0 Å². The van der Waals surface area contributed by atoms with Crippen molar-refractivity contribution in [3.8, 4) is 33.4 Å². The standard InChI is InChI=1S/C42H30S12/c1-43-37-38(44-2)50-34(49-37)28-22-16-10-7-13-19(22)25-31(28)26-20-14-8-11-17-23(20)29(35-51-39(45-3)40(46-4)52-35)33(26)27-21-15-9-12-18-24(21)30(32(25)27)36-53-41(47-5)42(48-6)54-36/h7-18H,1-6H3. The smallest absolute Gasteiger partial charge is 0.0657 e. The fraction of sp³-hybridized carbons (Fsp3) is 0.143. The van der Waals surface area contributed by atoms with Gasteiger partial charge in [-0.3, -0.25) is 0 Å². The van der Waals surface area contributed by atoms with Gasteiger partial charge in [0.15, 0.2) is 0 Å². The second-order valence-corrected chi connectivity index (χ2v) is 25.8. The Kier molecular flexibility index (Phi) is 10.7. The van der Waals surface area contributed by atoms with E-state index in [9.17, 15) is 0 Å². The van der Waals surface area contributed by atoms with Crippen molar-refractivity contribution in [1.82, 2.24) is 0 Å². The van der Waals surface area contributed by atoms with Crippen LogP contribution in [-0.2, 0) is 0 Å². The fourth-order valence-corrected chi connectivity index (χ4v) is 23.3. The predicted molar refractivity (Wildman–Crippen MR) is 269 cm³/mol. The zero-order chi connectivity index (χ0) is 36.8. The van der Waals surface area contributed by atoms with E-state index in [0.29, 0.717) is 0 Å². The Bertz CT molecular complexity index is 2210. The summed E-state index contributed by atoms with van der Waals surface area (Å²) in [5.74, 6) is 0. The number of hydrogen-bond donors (Lipinski definition) is 0. The van der Waals surface area contributed by atoms with Gasteiger partial charge in [0.05, 0.1) is 38.1 Å². The van der Waals surface area contributed by atoms with Gasteiger partial charge in [0, 0.05) is 33.4 Å². The molecule has 6 aliphatic rings. The minimum Gasteiger partial charge on any atom is -0.121 e. The summed E-state index contributed by atoms with van der Waals surface area (Å²) >= 11 is 23.2. The second-order valence-electron chi connectivity index (χ2n) is 12.4. The maximum Gasteiger partial charge on any atom is 0.0657 e. The fourth-order valence-electron chi connectivity index (χ4n) is 7.98. The summed E-state index contributed by atoms with van der Waals surface area (Å²) in [6.07, 6.45) is 13.4. The molecule has 0 saturated heterocycles. The lowest BCUT2D eigenvalue weighted by Gasteiger charge is -2.20. The Balaban J connectivity index is 1.39. The highest BCUT2D eigenvalue weighted by atomic mass is 32.3.